The third-order valence-corrected chi connectivity index (χ3v) is 4.93. The van der Waals surface area contributed by atoms with Gasteiger partial charge < -0.3 is 10.6 Å². The number of aliphatic imine (C=N–C) groups is 1. The molecule has 0 aliphatic carbocycles. The van der Waals surface area contributed by atoms with E-state index in [1.807, 2.05) is 43.3 Å². The van der Waals surface area contributed by atoms with Gasteiger partial charge in [0.1, 0.15) is 0 Å². The SMILES string of the molecule is CCN(CC)C(CNC(=NC)NCc1cccc(C)n1)c1ccccc1Cl. The van der Waals surface area contributed by atoms with Gasteiger partial charge in [-0.25, -0.2) is 0 Å². The highest BCUT2D eigenvalue weighted by molar-refractivity contribution is 6.31. The number of hydrogen-bond donors (Lipinski definition) is 2. The fourth-order valence-electron chi connectivity index (χ4n) is 3.13. The van der Waals surface area contributed by atoms with Gasteiger partial charge in [0.15, 0.2) is 5.96 Å². The van der Waals surface area contributed by atoms with Gasteiger partial charge in [-0.15, -0.1) is 0 Å². The van der Waals surface area contributed by atoms with Crippen LogP contribution in [-0.2, 0) is 6.54 Å². The summed E-state index contributed by atoms with van der Waals surface area (Å²) in [5.74, 6) is 0.752. The number of guanidine groups is 1. The second-order valence-corrected chi connectivity index (χ2v) is 6.74. The Bertz CT molecular complexity index is 743. The lowest BCUT2D eigenvalue weighted by Gasteiger charge is -2.31. The normalized spacial score (nSPS) is 12.9. The van der Waals surface area contributed by atoms with E-state index in [1.165, 1.54) is 0 Å². The molecule has 1 aromatic heterocycles. The summed E-state index contributed by atoms with van der Waals surface area (Å²) in [6.07, 6.45) is 0. The van der Waals surface area contributed by atoms with E-state index in [4.69, 9.17) is 11.6 Å². The molecule has 1 unspecified atom stereocenters. The quantitative estimate of drug-likeness (QED) is 0.534. The topological polar surface area (TPSA) is 52.5 Å². The first-order valence-electron chi connectivity index (χ1n) is 9.44. The Kier molecular flexibility index (Phi) is 8.55. The number of nitrogens with one attached hydrogen (secondary N) is 2. The Balaban J connectivity index is 2.04. The molecule has 2 aromatic rings. The minimum atomic E-state index is 0.171. The Morgan fingerprint density at radius 1 is 1.11 bits per heavy atom. The maximum Gasteiger partial charge on any atom is 0.191 e. The summed E-state index contributed by atoms with van der Waals surface area (Å²) in [4.78, 5) is 11.2. The van der Waals surface area contributed by atoms with E-state index in [9.17, 15) is 0 Å². The van der Waals surface area contributed by atoms with Crippen LogP contribution < -0.4 is 10.6 Å². The summed E-state index contributed by atoms with van der Waals surface area (Å²) >= 11 is 6.47. The van der Waals surface area contributed by atoms with Crippen molar-refractivity contribution in [1.29, 1.82) is 0 Å². The molecule has 2 rings (SSSR count). The molecule has 0 saturated carbocycles. The third-order valence-electron chi connectivity index (χ3n) is 4.59. The number of benzene rings is 1. The number of nitrogens with zero attached hydrogens (tertiary/aromatic N) is 3. The molecule has 0 bridgehead atoms. The van der Waals surface area contributed by atoms with Crippen molar-refractivity contribution >= 4 is 17.6 Å². The van der Waals surface area contributed by atoms with Crippen LogP contribution in [0.15, 0.2) is 47.5 Å². The Morgan fingerprint density at radius 2 is 1.85 bits per heavy atom. The van der Waals surface area contributed by atoms with Crippen molar-refractivity contribution in [2.75, 3.05) is 26.7 Å². The number of aromatic nitrogens is 1. The zero-order valence-electron chi connectivity index (χ0n) is 16.7. The highest BCUT2D eigenvalue weighted by atomic mass is 35.5. The molecule has 0 radical (unpaired) electrons. The lowest BCUT2D eigenvalue weighted by Crippen LogP contribution is -2.43. The van der Waals surface area contributed by atoms with Crippen LogP contribution in [0.4, 0.5) is 0 Å². The van der Waals surface area contributed by atoms with E-state index in [0.29, 0.717) is 13.1 Å². The van der Waals surface area contributed by atoms with Gasteiger partial charge in [-0.05, 0) is 43.8 Å². The molecule has 5 nitrogen and oxygen atoms in total. The number of rotatable bonds is 8. The molecule has 0 saturated heterocycles. The highest BCUT2D eigenvalue weighted by Gasteiger charge is 2.20. The molecule has 146 valence electrons. The second kappa shape index (κ2) is 10.9. The van der Waals surface area contributed by atoms with E-state index in [2.05, 4.69) is 45.4 Å². The Labute approximate surface area is 167 Å². The van der Waals surface area contributed by atoms with Crippen LogP contribution >= 0.6 is 11.6 Å². The number of aryl methyl sites for hydroxylation is 1. The van der Waals surface area contributed by atoms with Gasteiger partial charge in [0.25, 0.3) is 0 Å². The van der Waals surface area contributed by atoms with E-state index in [0.717, 1.165) is 41.0 Å². The summed E-state index contributed by atoms with van der Waals surface area (Å²) in [5, 5.41) is 7.57. The van der Waals surface area contributed by atoms with Crippen LogP contribution in [0.25, 0.3) is 0 Å². The molecular formula is C21H30ClN5. The molecule has 1 atom stereocenters. The fraction of sp³-hybridized carbons (Fsp3) is 0.429. The predicted octanol–water partition coefficient (Wildman–Crippen LogP) is 3.79. The first-order valence-corrected chi connectivity index (χ1v) is 9.82. The highest BCUT2D eigenvalue weighted by Crippen LogP contribution is 2.26. The van der Waals surface area contributed by atoms with Crippen molar-refractivity contribution < 1.29 is 0 Å². The number of halogens is 1. The van der Waals surface area contributed by atoms with Crippen LogP contribution in [0.1, 0.15) is 36.8 Å². The van der Waals surface area contributed by atoms with Crippen LogP contribution in [0, 0.1) is 6.92 Å². The van der Waals surface area contributed by atoms with Crippen molar-refractivity contribution in [3.8, 4) is 0 Å². The molecule has 2 N–H and O–H groups in total. The van der Waals surface area contributed by atoms with Gasteiger partial charge in [0.2, 0.25) is 0 Å². The summed E-state index contributed by atoms with van der Waals surface area (Å²) in [7, 11) is 1.78. The number of likely N-dealkylation sites (N-methyl/N-ethyl adjacent to an activating group) is 1. The summed E-state index contributed by atoms with van der Waals surface area (Å²) < 4.78 is 0. The lowest BCUT2D eigenvalue weighted by molar-refractivity contribution is 0.219. The molecule has 1 heterocycles. The van der Waals surface area contributed by atoms with Crippen molar-refractivity contribution in [2.45, 2.75) is 33.4 Å². The molecule has 27 heavy (non-hydrogen) atoms. The van der Waals surface area contributed by atoms with E-state index < -0.39 is 0 Å². The molecule has 0 aliphatic rings. The van der Waals surface area contributed by atoms with Gasteiger partial charge in [0, 0.05) is 24.3 Å². The van der Waals surface area contributed by atoms with E-state index in [1.54, 1.807) is 7.05 Å². The predicted molar refractivity (Wildman–Crippen MR) is 114 cm³/mol. The summed E-state index contributed by atoms with van der Waals surface area (Å²) in [6, 6.07) is 14.2. The summed E-state index contributed by atoms with van der Waals surface area (Å²) in [6.45, 7) is 9.58. The molecule has 0 aliphatic heterocycles. The minimum Gasteiger partial charge on any atom is -0.354 e. The maximum absolute atomic E-state index is 6.47. The van der Waals surface area contributed by atoms with Gasteiger partial charge >= 0.3 is 0 Å². The van der Waals surface area contributed by atoms with Crippen molar-refractivity contribution in [3.05, 3.63) is 64.4 Å². The molecule has 0 amide bonds. The zero-order chi connectivity index (χ0) is 19.6. The first kappa shape index (κ1) is 21.2. The van der Waals surface area contributed by atoms with Crippen molar-refractivity contribution in [3.63, 3.8) is 0 Å². The average Bonchev–Trinajstić information content (AvgIpc) is 2.68. The van der Waals surface area contributed by atoms with Crippen LogP contribution in [-0.4, -0.2) is 42.5 Å². The first-order chi connectivity index (χ1) is 13.1. The smallest absolute Gasteiger partial charge is 0.191 e. The monoisotopic (exact) mass is 387 g/mol. The Hall–Kier alpha value is -2.11. The fourth-order valence-corrected chi connectivity index (χ4v) is 3.39. The van der Waals surface area contributed by atoms with Crippen LogP contribution in [0.2, 0.25) is 5.02 Å². The maximum atomic E-state index is 6.47. The van der Waals surface area contributed by atoms with Crippen LogP contribution in [0.5, 0.6) is 0 Å². The van der Waals surface area contributed by atoms with E-state index in [-0.39, 0.29) is 6.04 Å². The second-order valence-electron chi connectivity index (χ2n) is 6.34. The lowest BCUT2D eigenvalue weighted by atomic mass is 10.0. The summed E-state index contributed by atoms with van der Waals surface area (Å²) in [5.41, 5.74) is 3.13. The molecule has 0 fully saturated rings. The van der Waals surface area contributed by atoms with Crippen LogP contribution in [0.3, 0.4) is 0 Å². The zero-order valence-corrected chi connectivity index (χ0v) is 17.4. The van der Waals surface area contributed by atoms with Gasteiger partial charge in [-0.3, -0.25) is 14.9 Å². The van der Waals surface area contributed by atoms with Crippen molar-refractivity contribution in [2.24, 2.45) is 4.99 Å². The van der Waals surface area contributed by atoms with Gasteiger partial charge in [0.05, 0.1) is 18.3 Å². The minimum absolute atomic E-state index is 0.171. The standard InChI is InChI=1S/C21H30ClN5/c1-5-27(6-2)20(18-12-7-8-13-19(18)22)15-25-21(23-4)24-14-17-11-9-10-16(3)26-17/h7-13,20H,5-6,14-15H2,1-4H3,(H2,23,24,25). The molecule has 6 heteroatoms. The van der Waals surface area contributed by atoms with Gasteiger partial charge in [-0.2, -0.15) is 0 Å². The average molecular weight is 388 g/mol. The number of pyridine rings is 1. The van der Waals surface area contributed by atoms with Crippen molar-refractivity contribution in [1.82, 2.24) is 20.5 Å². The molecule has 0 spiro atoms. The Morgan fingerprint density at radius 3 is 2.48 bits per heavy atom. The van der Waals surface area contributed by atoms with Gasteiger partial charge in [-0.1, -0.05) is 49.7 Å². The molecule has 1 aromatic carbocycles. The molecular weight excluding hydrogens is 358 g/mol. The number of hydrogen-bond acceptors (Lipinski definition) is 3. The van der Waals surface area contributed by atoms with E-state index >= 15 is 0 Å². The third kappa shape index (κ3) is 6.22. The largest absolute Gasteiger partial charge is 0.354 e.